The largest absolute Gasteiger partial charge is 0.272 e. The summed E-state index contributed by atoms with van der Waals surface area (Å²) >= 11 is 0. The van der Waals surface area contributed by atoms with E-state index in [9.17, 15) is 4.79 Å². The third-order valence-electron chi connectivity index (χ3n) is 3.72. The van der Waals surface area contributed by atoms with Gasteiger partial charge in [-0.15, -0.1) is 0 Å². The van der Waals surface area contributed by atoms with Gasteiger partial charge >= 0.3 is 0 Å². The summed E-state index contributed by atoms with van der Waals surface area (Å²) in [5.74, 6) is 0. The zero-order valence-electron chi connectivity index (χ0n) is 12.2. The summed E-state index contributed by atoms with van der Waals surface area (Å²) in [6.45, 7) is 3.94. The molecule has 0 aliphatic carbocycles. The molecule has 4 aromatic rings. The smallest absolute Gasteiger partial charge is 0.267 e. The van der Waals surface area contributed by atoms with Crippen LogP contribution in [0.1, 0.15) is 11.3 Å². The van der Waals surface area contributed by atoms with E-state index in [1.54, 1.807) is 16.8 Å². The molecule has 6 nitrogen and oxygen atoms in total. The topological polar surface area (TPSA) is 75.9 Å². The number of hydrogen-bond acceptors (Lipinski definition) is 4. The van der Waals surface area contributed by atoms with E-state index in [2.05, 4.69) is 20.3 Å². The molecular formula is C16H13N5O. The predicted octanol–water partition coefficient (Wildman–Crippen LogP) is 2.25. The lowest BCUT2D eigenvalue weighted by Gasteiger charge is -2.07. The summed E-state index contributed by atoms with van der Waals surface area (Å²) < 4.78 is 1.78. The number of aromatic amines is 1. The van der Waals surface area contributed by atoms with Crippen molar-refractivity contribution in [3.8, 4) is 11.3 Å². The number of rotatable bonds is 1. The highest BCUT2D eigenvalue weighted by Gasteiger charge is 2.11. The molecule has 1 aromatic carbocycles. The number of H-pyrrole nitrogens is 1. The molecule has 0 radical (unpaired) electrons. The van der Waals surface area contributed by atoms with Gasteiger partial charge in [0.1, 0.15) is 0 Å². The van der Waals surface area contributed by atoms with Crippen LogP contribution >= 0.6 is 0 Å². The first-order valence-corrected chi connectivity index (χ1v) is 6.94. The maximum Gasteiger partial charge on any atom is 0.272 e. The van der Waals surface area contributed by atoms with E-state index >= 15 is 0 Å². The van der Waals surface area contributed by atoms with E-state index < -0.39 is 0 Å². The Labute approximate surface area is 125 Å². The van der Waals surface area contributed by atoms with E-state index in [-0.39, 0.29) is 5.56 Å². The molecule has 0 aliphatic rings. The van der Waals surface area contributed by atoms with Gasteiger partial charge in [-0.25, -0.2) is 14.6 Å². The standard InChI is InChI=1S/C16H13N5O/c1-9-6-14(20-21-8-10(2)18-15(9)21)11-4-3-5-12-13(11)7-17-19-16(12)22/h3-8H,1-2H3,(H,19,22). The SMILES string of the molecule is Cc1cn2nc(-c3cccc4c(=O)[nH]ncc34)cc(C)c2n1. The Morgan fingerprint density at radius 2 is 2.05 bits per heavy atom. The van der Waals surface area contributed by atoms with E-state index in [4.69, 9.17) is 0 Å². The van der Waals surface area contributed by atoms with Crippen molar-refractivity contribution < 1.29 is 0 Å². The molecule has 108 valence electrons. The first kappa shape index (κ1) is 12.7. The number of nitrogens with zero attached hydrogens (tertiary/aromatic N) is 4. The Hall–Kier alpha value is -3.02. The maximum absolute atomic E-state index is 11.9. The van der Waals surface area contributed by atoms with E-state index in [0.717, 1.165) is 33.5 Å². The number of fused-ring (bicyclic) bond motifs is 2. The minimum atomic E-state index is -0.198. The van der Waals surface area contributed by atoms with Crippen molar-refractivity contribution in [2.45, 2.75) is 13.8 Å². The van der Waals surface area contributed by atoms with Crippen LogP contribution in [-0.4, -0.2) is 24.8 Å². The highest BCUT2D eigenvalue weighted by molar-refractivity contribution is 5.94. The highest BCUT2D eigenvalue weighted by atomic mass is 16.1. The zero-order valence-corrected chi connectivity index (χ0v) is 12.2. The van der Waals surface area contributed by atoms with Crippen LogP contribution in [0.25, 0.3) is 27.7 Å². The molecule has 0 saturated carbocycles. The predicted molar refractivity (Wildman–Crippen MR) is 83.8 cm³/mol. The molecule has 0 unspecified atom stereocenters. The molecule has 3 heterocycles. The van der Waals surface area contributed by atoms with Crippen LogP contribution in [0.5, 0.6) is 0 Å². The second-order valence-corrected chi connectivity index (χ2v) is 5.33. The molecule has 0 atom stereocenters. The molecule has 0 aliphatic heterocycles. The molecule has 0 amide bonds. The fraction of sp³-hybridized carbons (Fsp3) is 0.125. The summed E-state index contributed by atoms with van der Waals surface area (Å²) in [6, 6.07) is 7.57. The molecule has 0 bridgehead atoms. The van der Waals surface area contributed by atoms with Gasteiger partial charge in [-0.05, 0) is 31.5 Å². The second kappa shape index (κ2) is 4.49. The maximum atomic E-state index is 11.9. The third-order valence-corrected chi connectivity index (χ3v) is 3.72. The lowest BCUT2D eigenvalue weighted by atomic mass is 10.0. The Morgan fingerprint density at radius 1 is 1.18 bits per heavy atom. The van der Waals surface area contributed by atoms with Gasteiger partial charge in [0.25, 0.3) is 5.56 Å². The Kier molecular flexibility index (Phi) is 2.59. The fourth-order valence-corrected chi connectivity index (χ4v) is 2.72. The average Bonchev–Trinajstić information content (AvgIpc) is 2.88. The fourth-order valence-electron chi connectivity index (χ4n) is 2.72. The summed E-state index contributed by atoms with van der Waals surface area (Å²) in [6.07, 6.45) is 3.55. The van der Waals surface area contributed by atoms with Gasteiger partial charge in [-0.3, -0.25) is 4.79 Å². The summed E-state index contributed by atoms with van der Waals surface area (Å²) in [4.78, 5) is 16.3. The third kappa shape index (κ3) is 1.81. The Balaban J connectivity index is 2.07. The molecule has 3 aromatic heterocycles. The molecule has 6 heteroatoms. The number of imidazole rings is 1. The summed E-state index contributed by atoms with van der Waals surface area (Å²) in [5, 5.41) is 12.4. The zero-order chi connectivity index (χ0) is 15.3. The lowest BCUT2D eigenvalue weighted by Crippen LogP contribution is -2.08. The molecule has 0 spiro atoms. The average molecular weight is 291 g/mol. The second-order valence-electron chi connectivity index (χ2n) is 5.33. The number of aromatic nitrogens is 5. The van der Waals surface area contributed by atoms with Crippen molar-refractivity contribution in [2.24, 2.45) is 0 Å². The normalized spacial score (nSPS) is 11.4. The van der Waals surface area contributed by atoms with Gasteiger partial charge in [-0.2, -0.15) is 10.2 Å². The lowest BCUT2D eigenvalue weighted by molar-refractivity contribution is 0.933. The number of benzene rings is 1. The van der Waals surface area contributed by atoms with Crippen LogP contribution in [0, 0.1) is 13.8 Å². The van der Waals surface area contributed by atoms with Crippen molar-refractivity contribution in [3.63, 3.8) is 0 Å². The van der Waals surface area contributed by atoms with Gasteiger partial charge in [0, 0.05) is 10.9 Å². The van der Waals surface area contributed by atoms with Gasteiger partial charge in [0.05, 0.1) is 29.2 Å². The molecular weight excluding hydrogens is 278 g/mol. The van der Waals surface area contributed by atoms with Crippen LogP contribution in [0.3, 0.4) is 0 Å². The van der Waals surface area contributed by atoms with E-state index in [1.165, 1.54) is 0 Å². The Morgan fingerprint density at radius 3 is 2.91 bits per heavy atom. The van der Waals surface area contributed by atoms with Gasteiger partial charge in [0.2, 0.25) is 0 Å². The van der Waals surface area contributed by atoms with Crippen molar-refractivity contribution in [2.75, 3.05) is 0 Å². The van der Waals surface area contributed by atoms with Crippen LogP contribution in [0.2, 0.25) is 0 Å². The van der Waals surface area contributed by atoms with Crippen LogP contribution in [-0.2, 0) is 0 Å². The van der Waals surface area contributed by atoms with E-state index in [1.807, 2.05) is 38.2 Å². The van der Waals surface area contributed by atoms with Crippen molar-refractivity contribution in [1.82, 2.24) is 24.8 Å². The first-order valence-electron chi connectivity index (χ1n) is 6.94. The highest BCUT2D eigenvalue weighted by Crippen LogP contribution is 2.26. The van der Waals surface area contributed by atoms with Crippen LogP contribution in [0.15, 0.2) is 41.5 Å². The monoisotopic (exact) mass is 291 g/mol. The van der Waals surface area contributed by atoms with Crippen molar-refractivity contribution in [3.05, 3.63) is 58.3 Å². The Bertz CT molecular complexity index is 1080. The van der Waals surface area contributed by atoms with Gasteiger partial charge in [0.15, 0.2) is 5.65 Å². The van der Waals surface area contributed by atoms with Gasteiger partial charge < -0.3 is 0 Å². The van der Waals surface area contributed by atoms with Crippen molar-refractivity contribution >= 4 is 16.4 Å². The van der Waals surface area contributed by atoms with Gasteiger partial charge in [-0.1, -0.05) is 12.1 Å². The number of nitrogens with one attached hydrogen (secondary N) is 1. The number of hydrogen-bond donors (Lipinski definition) is 1. The first-order chi connectivity index (χ1) is 10.6. The molecule has 0 fully saturated rings. The minimum Gasteiger partial charge on any atom is -0.267 e. The minimum absolute atomic E-state index is 0.198. The summed E-state index contributed by atoms with van der Waals surface area (Å²) in [7, 11) is 0. The molecule has 1 N–H and O–H groups in total. The molecule has 22 heavy (non-hydrogen) atoms. The molecule has 4 rings (SSSR count). The summed E-state index contributed by atoms with van der Waals surface area (Å²) in [5.41, 5.74) is 4.28. The van der Waals surface area contributed by atoms with Crippen LogP contribution < -0.4 is 5.56 Å². The number of aryl methyl sites for hydroxylation is 2. The van der Waals surface area contributed by atoms with Crippen LogP contribution in [0.4, 0.5) is 0 Å². The van der Waals surface area contributed by atoms with Crippen molar-refractivity contribution in [1.29, 1.82) is 0 Å². The van der Waals surface area contributed by atoms with E-state index in [0.29, 0.717) is 5.39 Å². The molecule has 0 saturated heterocycles. The quantitative estimate of drug-likeness (QED) is 0.583.